The lowest BCUT2D eigenvalue weighted by molar-refractivity contribution is 0.195. The SMILES string of the molecule is CCn1cc(CC(CNCCOC)C2CCCC2)cn1. The number of hydrogen-bond donors (Lipinski definition) is 1. The van der Waals surface area contributed by atoms with Crippen LogP contribution in [0.1, 0.15) is 38.2 Å². The predicted molar refractivity (Wildman–Crippen MR) is 81.8 cm³/mol. The molecule has 0 spiro atoms. The molecular formula is C16H29N3O. The highest BCUT2D eigenvalue weighted by molar-refractivity contribution is 5.06. The van der Waals surface area contributed by atoms with Crippen LogP contribution in [0.25, 0.3) is 0 Å². The van der Waals surface area contributed by atoms with E-state index in [1.54, 1.807) is 7.11 Å². The van der Waals surface area contributed by atoms with Crippen molar-refractivity contribution in [1.29, 1.82) is 0 Å². The number of aryl methyl sites for hydroxylation is 1. The molecule has 20 heavy (non-hydrogen) atoms. The molecule has 0 bridgehead atoms. The van der Waals surface area contributed by atoms with Crippen molar-refractivity contribution in [3.8, 4) is 0 Å². The quantitative estimate of drug-likeness (QED) is 0.706. The van der Waals surface area contributed by atoms with Crippen LogP contribution in [-0.2, 0) is 17.7 Å². The van der Waals surface area contributed by atoms with Gasteiger partial charge in [0.2, 0.25) is 0 Å². The molecule has 0 radical (unpaired) electrons. The van der Waals surface area contributed by atoms with Gasteiger partial charge in [0.25, 0.3) is 0 Å². The second-order valence-corrected chi connectivity index (χ2v) is 5.91. The Balaban J connectivity index is 1.87. The van der Waals surface area contributed by atoms with Gasteiger partial charge in [-0.25, -0.2) is 0 Å². The highest BCUT2D eigenvalue weighted by Crippen LogP contribution is 2.32. The molecule has 0 amide bonds. The van der Waals surface area contributed by atoms with Crippen molar-refractivity contribution in [2.75, 3.05) is 26.8 Å². The molecule has 2 rings (SSSR count). The fraction of sp³-hybridized carbons (Fsp3) is 0.812. The summed E-state index contributed by atoms with van der Waals surface area (Å²) in [6.07, 6.45) is 11.0. The summed E-state index contributed by atoms with van der Waals surface area (Å²) >= 11 is 0. The van der Waals surface area contributed by atoms with Gasteiger partial charge in [-0.05, 0) is 37.3 Å². The molecule has 1 aromatic heterocycles. The summed E-state index contributed by atoms with van der Waals surface area (Å²) in [5, 5.41) is 7.95. The van der Waals surface area contributed by atoms with E-state index >= 15 is 0 Å². The van der Waals surface area contributed by atoms with Crippen LogP contribution in [0.4, 0.5) is 0 Å². The van der Waals surface area contributed by atoms with E-state index in [1.165, 1.54) is 31.2 Å². The van der Waals surface area contributed by atoms with Gasteiger partial charge in [-0.3, -0.25) is 4.68 Å². The maximum Gasteiger partial charge on any atom is 0.0587 e. The molecule has 114 valence electrons. The van der Waals surface area contributed by atoms with E-state index in [-0.39, 0.29) is 0 Å². The standard InChI is InChI=1S/C16H29N3O/c1-3-19-13-14(11-18-19)10-16(12-17-8-9-20-2)15-6-4-5-7-15/h11,13,15-17H,3-10,12H2,1-2H3. The summed E-state index contributed by atoms with van der Waals surface area (Å²) in [5.74, 6) is 1.62. The number of nitrogens with zero attached hydrogens (tertiary/aromatic N) is 2. The number of rotatable bonds is 9. The van der Waals surface area contributed by atoms with E-state index in [2.05, 4.69) is 23.5 Å². The summed E-state index contributed by atoms with van der Waals surface area (Å²) < 4.78 is 7.14. The third-order valence-electron chi connectivity index (χ3n) is 4.46. The topological polar surface area (TPSA) is 39.1 Å². The molecule has 0 aliphatic heterocycles. The minimum Gasteiger partial charge on any atom is -0.383 e. The largest absolute Gasteiger partial charge is 0.383 e. The molecule has 1 fully saturated rings. The van der Waals surface area contributed by atoms with Gasteiger partial charge in [-0.1, -0.05) is 25.7 Å². The van der Waals surface area contributed by atoms with E-state index < -0.39 is 0 Å². The first-order chi connectivity index (χ1) is 9.83. The van der Waals surface area contributed by atoms with Gasteiger partial charge in [-0.2, -0.15) is 5.10 Å². The summed E-state index contributed by atoms with van der Waals surface area (Å²) in [6.45, 7) is 5.95. The Kier molecular flexibility index (Phi) is 6.54. The van der Waals surface area contributed by atoms with Crippen LogP contribution >= 0.6 is 0 Å². The molecule has 4 heteroatoms. The Morgan fingerprint density at radius 3 is 2.90 bits per heavy atom. The van der Waals surface area contributed by atoms with Crippen molar-refractivity contribution >= 4 is 0 Å². The Labute approximate surface area is 122 Å². The van der Waals surface area contributed by atoms with Crippen molar-refractivity contribution in [3.63, 3.8) is 0 Å². The average molecular weight is 279 g/mol. The van der Waals surface area contributed by atoms with E-state index in [1.807, 2.05) is 10.9 Å². The number of methoxy groups -OCH3 is 1. The molecule has 1 unspecified atom stereocenters. The fourth-order valence-electron chi connectivity index (χ4n) is 3.28. The lowest BCUT2D eigenvalue weighted by Gasteiger charge is -2.23. The molecule has 1 atom stereocenters. The Morgan fingerprint density at radius 1 is 1.45 bits per heavy atom. The van der Waals surface area contributed by atoms with Gasteiger partial charge in [0.1, 0.15) is 0 Å². The number of aromatic nitrogens is 2. The summed E-state index contributed by atoms with van der Waals surface area (Å²) in [4.78, 5) is 0. The van der Waals surface area contributed by atoms with Gasteiger partial charge < -0.3 is 10.1 Å². The van der Waals surface area contributed by atoms with Crippen molar-refractivity contribution in [3.05, 3.63) is 18.0 Å². The summed E-state index contributed by atoms with van der Waals surface area (Å²) in [5.41, 5.74) is 1.39. The minimum atomic E-state index is 0.740. The average Bonchev–Trinajstić information content (AvgIpc) is 3.13. The number of nitrogens with one attached hydrogen (secondary N) is 1. The van der Waals surface area contributed by atoms with Crippen LogP contribution in [0, 0.1) is 11.8 Å². The van der Waals surface area contributed by atoms with Crippen LogP contribution in [0.15, 0.2) is 12.4 Å². The second kappa shape index (κ2) is 8.42. The van der Waals surface area contributed by atoms with Crippen molar-refractivity contribution in [2.45, 2.75) is 45.6 Å². The molecule has 0 saturated heterocycles. The van der Waals surface area contributed by atoms with Gasteiger partial charge in [0, 0.05) is 26.4 Å². The monoisotopic (exact) mass is 279 g/mol. The lowest BCUT2D eigenvalue weighted by Crippen LogP contribution is -2.31. The first-order valence-corrected chi connectivity index (χ1v) is 8.04. The molecule has 0 aromatic carbocycles. The predicted octanol–water partition coefficient (Wildman–Crippen LogP) is 2.49. The molecule has 1 N–H and O–H groups in total. The fourth-order valence-corrected chi connectivity index (χ4v) is 3.28. The first kappa shape index (κ1) is 15.5. The van der Waals surface area contributed by atoms with Crippen molar-refractivity contribution in [1.82, 2.24) is 15.1 Å². The zero-order valence-corrected chi connectivity index (χ0v) is 13.0. The molecule has 1 saturated carbocycles. The van der Waals surface area contributed by atoms with Crippen LogP contribution in [0.2, 0.25) is 0 Å². The van der Waals surface area contributed by atoms with Crippen LogP contribution in [-0.4, -0.2) is 36.6 Å². The van der Waals surface area contributed by atoms with E-state index in [4.69, 9.17) is 4.74 Å². The molecule has 1 heterocycles. The third-order valence-corrected chi connectivity index (χ3v) is 4.46. The van der Waals surface area contributed by atoms with Gasteiger partial charge in [0.05, 0.1) is 12.8 Å². The van der Waals surface area contributed by atoms with Crippen LogP contribution in [0.3, 0.4) is 0 Å². The second-order valence-electron chi connectivity index (χ2n) is 5.91. The Hall–Kier alpha value is -0.870. The minimum absolute atomic E-state index is 0.740. The van der Waals surface area contributed by atoms with Crippen molar-refractivity contribution in [2.24, 2.45) is 11.8 Å². The highest BCUT2D eigenvalue weighted by Gasteiger charge is 2.25. The molecule has 1 aromatic rings. The van der Waals surface area contributed by atoms with Crippen molar-refractivity contribution < 1.29 is 4.74 Å². The number of hydrogen-bond acceptors (Lipinski definition) is 3. The number of ether oxygens (including phenoxy) is 1. The van der Waals surface area contributed by atoms with Gasteiger partial charge in [-0.15, -0.1) is 0 Å². The first-order valence-electron chi connectivity index (χ1n) is 8.04. The third kappa shape index (κ3) is 4.60. The van der Waals surface area contributed by atoms with Crippen LogP contribution < -0.4 is 5.32 Å². The molecular weight excluding hydrogens is 250 g/mol. The Morgan fingerprint density at radius 2 is 2.25 bits per heavy atom. The van der Waals surface area contributed by atoms with E-state index in [0.29, 0.717) is 0 Å². The molecule has 1 aliphatic rings. The molecule has 4 nitrogen and oxygen atoms in total. The zero-order chi connectivity index (χ0) is 14.2. The molecule has 1 aliphatic carbocycles. The summed E-state index contributed by atoms with van der Waals surface area (Å²) in [7, 11) is 1.76. The van der Waals surface area contributed by atoms with Gasteiger partial charge in [0.15, 0.2) is 0 Å². The normalized spacial score (nSPS) is 17.7. The maximum atomic E-state index is 5.11. The highest BCUT2D eigenvalue weighted by atomic mass is 16.5. The van der Waals surface area contributed by atoms with E-state index in [0.717, 1.165) is 44.5 Å². The van der Waals surface area contributed by atoms with E-state index in [9.17, 15) is 0 Å². The smallest absolute Gasteiger partial charge is 0.0587 e. The van der Waals surface area contributed by atoms with Gasteiger partial charge >= 0.3 is 0 Å². The van der Waals surface area contributed by atoms with Crippen LogP contribution in [0.5, 0.6) is 0 Å². The zero-order valence-electron chi connectivity index (χ0n) is 13.0. The maximum absolute atomic E-state index is 5.11. The summed E-state index contributed by atoms with van der Waals surface area (Å²) in [6, 6.07) is 0. The lowest BCUT2D eigenvalue weighted by atomic mass is 9.86. The Bertz CT molecular complexity index is 372.